The molecule has 4 aromatic rings. The average molecular weight is 342 g/mol. The molecule has 0 saturated carbocycles. The Hall–Kier alpha value is -3.73. The molecule has 0 radical (unpaired) electrons. The molecule has 126 valence electrons. The smallest absolute Gasteiger partial charge is 0.265 e. The number of carboxylic acid groups (broad SMARTS) is 1. The highest BCUT2D eigenvalue weighted by molar-refractivity contribution is 6.05. The predicted octanol–water partition coefficient (Wildman–Crippen LogP) is 1.87. The number of carbonyl (C=O) groups excluding carboxylic acids is 1. The zero-order valence-electron chi connectivity index (χ0n) is 13.5. The molecule has 1 heterocycles. The van der Waals surface area contributed by atoms with E-state index in [9.17, 15) is 19.5 Å². The van der Waals surface area contributed by atoms with Crippen molar-refractivity contribution in [2.75, 3.05) is 0 Å². The molecule has 0 amide bonds. The summed E-state index contributed by atoms with van der Waals surface area (Å²) >= 11 is 0. The lowest BCUT2D eigenvalue weighted by molar-refractivity contribution is -0.255. The second-order valence-corrected chi connectivity index (χ2v) is 5.87. The fourth-order valence-corrected chi connectivity index (χ4v) is 3.15. The van der Waals surface area contributed by atoms with Crippen molar-refractivity contribution in [1.29, 1.82) is 0 Å². The van der Waals surface area contributed by atoms with E-state index < -0.39 is 17.1 Å². The molecule has 0 aliphatic rings. The molecule has 0 aliphatic heterocycles. The number of aromatic nitrogens is 1. The molecule has 3 aromatic carbocycles. The molecule has 0 N–H and O–H groups in total. The quantitative estimate of drug-likeness (QED) is 0.557. The lowest BCUT2D eigenvalue weighted by Gasteiger charge is -2.07. The monoisotopic (exact) mass is 342 g/mol. The van der Waals surface area contributed by atoms with Gasteiger partial charge >= 0.3 is 0 Å². The predicted molar refractivity (Wildman–Crippen MR) is 97.7 cm³/mol. The van der Waals surface area contributed by atoms with Gasteiger partial charge in [0.2, 0.25) is 0 Å². The van der Waals surface area contributed by atoms with Crippen LogP contribution in [0.25, 0.3) is 27.2 Å². The van der Waals surface area contributed by atoms with Gasteiger partial charge in [0.25, 0.3) is 11.1 Å². The number of hydrogen-bond acceptors (Lipinski definition) is 4. The second kappa shape index (κ2) is 5.97. The maximum Gasteiger partial charge on any atom is 0.265 e. The Balaban J connectivity index is 2.27. The Morgan fingerprint density at radius 1 is 0.692 bits per heavy atom. The van der Waals surface area contributed by atoms with Crippen LogP contribution in [-0.2, 0) is 0 Å². The third kappa shape index (κ3) is 2.38. The number of carbonyl (C=O) groups is 1. The van der Waals surface area contributed by atoms with E-state index in [-0.39, 0.29) is 11.3 Å². The van der Waals surface area contributed by atoms with Crippen molar-refractivity contribution in [2.45, 2.75) is 0 Å². The first kappa shape index (κ1) is 15.8. The van der Waals surface area contributed by atoms with Gasteiger partial charge in [0.1, 0.15) is 0 Å². The highest BCUT2D eigenvalue weighted by Gasteiger charge is 2.12. The SMILES string of the molecule is O=C([O-])c1cccc(-n2c(=O)c3ccccc3c3ccccc3c2=O)c1. The van der Waals surface area contributed by atoms with Gasteiger partial charge in [0, 0.05) is 10.8 Å². The van der Waals surface area contributed by atoms with Gasteiger partial charge in [0.05, 0.1) is 11.7 Å². The molecule has 4 rings (SSSR count). The fourth-order valence-electron chi connectivity index (χ4n) is 3.15. The van der Waals surface area contributed by atoms with Gasteiger partial charge in [0.15, 0.2) is 0 Å². The van der Waals surface area contributed by atoms with Crippen molar-refractivity contribution in [2.24, 2.45) is 0 Å². The summed E-state index contributed by atoms with van der Waals surface area (Å²) in [6, 6.07) is 19.6. The van der Waals surface area contributed by atoms with Crippen molar-refractivity contribution >= 4 is 27.5 Å². The van der Waals surface area contributed by atoms with Crippen molar-refractivity contribution in [1.82, 2.24) is 4.57 Å². The van der Waals surface area contributed by atoms with E-state index in [1.807, 2.05) is 0 Å². The van der Waals surface area contributed by atoms with Crippen LogP contribution >= 0.6 is 0 Å². The van der Waals surface area contributed by atoms with Crippen LogP contribution in [0.3, 0.4) is 0 Å². The first-order valence-corrected chi connectivity index (χ1v) is 7.96. The summed E-state index contributed by atoms with van der Waals surface area (Å²) in [5, 5.41) is 13.3. The molecular weight excluding hydrogens is 330 g/mol. The van der Waals surface area contributed by atoms with Crippen molar-refractivity contribution in [3.63, 3.8) is 0 Å². The van der Waals surface area contributed by atoms with Crippen molar-refractivity contribution in [3.05, 3.63) is 99.1 Å². The molecule has 5 heteroatoms. The van der Waals surface area contributed by atoms with Gasteiger partial charge in [-0.2, -0.15) is 0 Å². The topological polar surface area (TPSA) is 79.2 Å². The van der Waals surface area contributed by atoms with E-state index in [1.165, 1.54) is 24.3 Å². The third-order valence-corrected chi connectivity index (χ3v) is 4.35. The molecular formula is C21H12NO4-. The van der Waals surface area contributed by atoms with E-state index in [2.05, 4.69) is 0 Å². The summed E-state index contributed by atoms with van der Waals surface area (Å²) in [6.45, 7) is 0. The van der Waals surface area contributed by atoms with Gasteiger partial charge in [-0.3, -0.25) is 9.59 Å². The fraction of sp³-hybridized carbons (Fsp3) is 0. The number of benzene rings is 3. The van der Waals surface area contributed by atoms with Crippen molar-refractivity contribution in [3.8, 4) is 5.69 Å². The van der Waals surface area contributed by atoms with E-state index >= 15 is 0 Å². The zero-order valence-corrected chi connectivity index (χ0v) is 13.5. The zero-order chi connectivity index (χ0) is 18.3. The molecule has 1 aromatic heterocycles. The molecule has 5 nitrogen and oxygen atoms in total. The van der Waals surface area contributed by atoms with E-state index in [1.54, 1.807) is 48.5 Å². The molecule has 0 bridgehead atoms. The summed E-state index contributed by atoms with van der Waals surface area (Å²) < 4.78 is 1.01. The van der Waals surface area contributed by atoms with Crippen LogP contribution in [0.2, 0.25) is 0 Å². The van der Waals surface area contributed by atoms with Crippen LogP contribution in [0.15, 0.2) is 82.4 Å². The van der Waals surface area contributed by atoms with Gasteiger partial charge in [-0.1, -0.05) is 48.5 Å². The maximum atomic E-state index is 13.1. The van der Waals surface area contributed by atoms with Crippen LogP contribution in [0.4, 0.5) is 0 Å². The standard InChI is InChI=1S/C21H13NO4/c23-19-17-10-3-1-8-15(17)16-9-2-4-11-18(16)20(24)22(19)14-7-5-6-13(12-14)21(25)26/h1-12H,(H,25,26)/p-1. The number of rotatable bonds is 2. The number of nitrogens with zero attached hydrogens (tertiary/aromatic N) is 1. The summed E-state index contributed by atoms with van der Waals surface area (Å²) in [5.41, 5.74) is -0.920. The number of carboxylic acids is 1. The van der Waals surface area contributed by atoms with Gasteiger partial charge < -0.3 is 9.90 Å². The maximum absolute atomic E-state index is 13.1. The molecule has 0 aliphatic carbocycles. The lowest BCUT2D eigenvalue weighted by atomic mass is 10.1. The van der Waals surface area contributed by atoms with E-state index in [4.69, 9.17) is 0 Å². The first-order valence-electron chi connectivity index (χ1n) is 7.96. The van der Waals surface area contributed by atoms with Crippen LogP contribution in [0.1, 0.15) is 10.4 Å². The minimum absolute atomic E-state index is 0.103. The van der Waals surface area contributed by atoms with Crippen LogP contribution in [0.5, 0.6) is 0 Å². The van der Waals surface area contributed by atoms with E-state index in [0.717, 1.165) is 4.57 Å². The third-order valence-electron chi connectivity index (χ3n) is 4.35. The highest BCUT2D eigenvalue weighted by atomic mass is 16.4. The number of fused-ring (bicyclic) bond motifs is 3. The normalized spacial score (nSPS) is 10.9. The van der Waals surface area contributed by atoms with Gasteiger partial charge in [-0.25, -0.2) is 4.57 Å². The Morgan fingerprint density at radius 3 is 1.69 bits per heavy atom. The largest absolute Gasteiger partial charge is 0.545 e. The van der Waals surface area contributed by atoms with E-state index in [0.29, 0.717) is 21.5 Å². The summed E-state index contributed by atoms with van der Waals surface area (Å²) in [5.74, 6) is -1.37. The molecule has 26 heavy (non-hydrogen) atoms. The average Bonchev–Trinajstić information content (AvgIpc) is 2.76. The summed E-state index contributed by atoms with van der Waals surface area (Å²) in [7, 11) is 0. The first-order chi connectivity index (χ1) is 12.6. The Labute approximate surface area is 147 Å². The van der Waals surface area contributed by atoms with Gasteiger partial charge in [-0.05, 0) is 40.6 Å². The lowest BCUT2D eigenvalue weighted by Crippen LogP contribution is -2.29. The minimum atomic E-state index is -1.37. The molecule has 0 unspecified atom stereocenters. The second-order valence-electron chi connectivity index (χ2n) is 5.87. The van der Waals surface area contributed by atoms with Crippen LogP contribution < -0.4 is 16.2 Å². The molecule has 0 spiro atoms. The minimum Gasteiger partial charge on any atom is -0.545 e. The number of aromatic carboxylic acids is 1. The Bertz CT molecular complexity index is 1230. The van der Waals surface area contributed by atoms with Crippen molar-refractivity contribution < 1.29 is 9.90 Å². The summed E-state index contributed by atoms with van der Waals surface area (Å²) in [6.07, 6.45) is 0. The molecule has 0 fully saturated rings. The van der Waals surface area contributed by atoms with Crippen LogP contribution in [0, 0.1) is 0 Å². The highest BCUT2D eigenvalue weighted by Crippen LogP contribution is 2.20. The molecule has 0 saturated heterocycles. The number of hydrogen-bond donors (Lipinski definition) is 0. The van der Waals surface area contributed by atoms with Gasteiger partial charge in [-0.15, -0.1) is 0 Å². The Morgan fingerprint density at radius 2 is 1.19 bits per heavy atom. The summed E-state index contributed by atoms with van der Waals surface area (Å²) in [4.78, 5) is 37.4. The molecule has 0 atom stereocenters. The Kier molecular flexibility index (Phi) is 3.62. The van der Waals surface area contributed by atoms with Crippen LogP contribution in [-0.4, -0.2) is 10.5 Å².